The first kappa shape index (κ1) is 11.9. The second kappa shape index (κ2) is 11.1. The van der Waals surface area contributed by atoms with Gasteiger partial charge in [-0.25, -0.2) is 0 Å². The summed E-state index contributed by atoms with van der Waals surface area (Å²) in [6.07, 6.45) is 0. The van der Waals surface area contributed by atoms with E-state index in [9.17, 15) is 0 Å². The number of hydrogen-bond acceptors (Lipinski definition) is 1. The van der Waals surface area contributed by atoms with Gasteiger partial charge in [0.1, 0.15) is 0 Å². The minimum absolute atomic E-state index is 0. The van der Waals surface area contributed by atoms with Crippen LogP contribution in [0.2, 0.25) is 0 Å². The SMILES string of the molecule is BrCCNCCBr.Cl. The van der Waals surface area contributed by atoms with Crippen LogP contribution in [-0.2, 0) is 0 Å². The summed E-state index contributed by atoms with van der Waals surface area (Å²) in [7, 11) is 0. The Hall–Kier alpha value is 1.21. The highest BCUT2D eigenvalue weighted by molar-refractivity contribution is 9.09. The maximum Gasteiger partial charge on any atom is 0.0157 e. The number of alkyl halides is 2. The Morgan fingerprint density at radius 2 is 1.38 bits per heavy atom. The van der Waals surface area contributed by atoms with Crippen molar-refractivity contribution in [2.75, 3.05) is 23.7 Å². The standard InChI is InChI=1S/C4H9Br2N.ClH/c5-1-3-7-4-2-6;/h7H,1-4H2;1H. The predicted octanol–water partition coefficient (Wildman–Crippen LogP) is 1.79. The van der Waals surface area contributed by atoms with Crippen molar-refractivity contribution >= 4 is 44.3 Å². The normalized spacial score (nSPS) is 8.25. The third-order valence-electron chi connectivity index (χ3n) is 0.543. The van der Waals surface area contributed by atoms with Gasteiger partial charge in [0.2, 0.25) is 0 Å². The Morgan fingerprint density at radius 1 is 1.00 bits per heavy atom. The van der Waals surface area contributed by atoms with Crippen LogP contribution in [0.4, 0.5) is 0 Å². The van der Waals surface area contributed by atoms with Gasteiger partial charge in [-0.3, -0.25) is 0 Å². The van der Waals surface area contributed by atoms with Crippen molar-refractivity contribution in [2.45, 2.75) is 0 Å². The van der Waals surface area contributed by atoms with Crippen LogP contribution in [0, 0.1) is 0 Å². The first-order chi connectivity index (χ1) is 3.41. The van der Waals surface area contributed by atoms with Crippen molar-refractivity contribution in [3.8, 4) is 0 Å². The largest absolute Gasteiger partial charge is 0.315 e. The molecule has 0 spiro atoms. The van der Waals surface area contributed by atoms with Crippen molar-refractivity contribution in [3.63, 3.8) is 0 Å². The van der Waals surface area contributed by atoms with E-state index < -0.39 is 0 Å². The summed E-state index contributed by atoms with van der Waals surface area (Å²) >= 11 is 6.60. The zero-order valence-electron chi connectivity index (χ0n) is 4.49. The lowest BCUT2D eigenvalue weighted by atomic mass is 10.7. The molecule has 0 unspecified atom stereocenters. The molecule has 0 fully saturated rings. The fourth-order valence-corrected chi connectivity index (χ4v) is 0.819. The highest BCUT2D eigenvalue weighted by Gasteiger charge is 1.78. The molecule has 0 aliphatic rings. The van der Waals surface area contributed by atoms with Gasteiger partial charge in [-0.15, -0.1) is 12.4 Å². The Balaban J connectivity index is 0. The molecule has 1 nitrogen and oxygen atoms in total. The first-order valence-electron chi connectivity index (χ1n) is 2.24. The molecule has 0 heterocycles. The van der Waals surface area contributed by atoms with E-state index in [1.807, 2.05) is 0 Å². The van der Waals surface area contributed by atoms with Crippen molar-refractivity contribution < 1.29 is 0 Å². The highest BCUT2D eigenvalue weighted by atomic mass is 79.9. The number of nitrogens with one attached hydrogen (secondary N) is 1. The van der Waals surface area contributed by atoms with Crippen LogP contribution in [0.5, 0.6) is 0 Å². The van der Waals surface area contributed by atoms with Gasteiger partial charge < -0.3 is 5.32 Å². The van der Waals surface area contributed by atoms with Crippen molar-refractivity contribution in [2.24, 2.45) is 0 Å². The van der Waals surface area contributed by atoms with Crippen LogP contribution in [0.3, 0.4) is 0 Å². The molecule has 0 atom stereocenters. The van der Waals surface area contributed by atoms with E-state index in [2.05, 4.69) is 37.2 Å². The zero-order chi connectivity index (χ0) is 5.54. The second-order valence-electron chi connectivity index (χ2n) is 1.13. The van der Waals surface area contributed by atoms with E-state index >= 15 is 0 Å². The summed E-state index contributed by atoms with van der Waals surface area (Å²) in [6, 6.07) is 0. The Bertz CT molecular complexity index is 33.2. The van der Waals surface area contributed by atoms with Crippen LogP contribution in [0.1, 0.15) is 0 Å². The van der Waals surface area contributed by atoms with E-state index in [4.69, 9.17) is 0 Å². The van der Waals surface area contributed by atoms with Gasteiger partial charge >= 0.3 is 0 Å². The Morgan fingerprint density at radius 3 is 1.62 bits per heavy atom. The zero-order valence-corrected chi connectivity index (χ0v) is 8.48. The minimum Gasteiger partial charge on any atom is -0.315 e. The molecule has 8 heavy (non-hydrogen) atoms. The number of hydrogen-bond donors (Lipinski definition) is 1. The molecule has 0 radical (unpaired) electrons. The minimum atomic E-state index is 0. The Labute approximate surface area is 73.3 Å². The van der Waals surface area contributed by atoms with Crippen molar-refractivity contribution in [1.82, 2.24) is 5.32 Å². The molecule has 4 heteroatoms. The summed E-state index contributed by atoms with van der Waals surface area (Å²) < 4.78 is 0. The van der Waals surface area contributed by atoms with E-state index in [0.717, 1.165) is 23.7 Å². The molecule has 0 saturated carbocycles. The van der Waals surface area contributed by atoms with Crippen LogP contribution < -0.4 is 5.32 Å². The summed E-state index contributed by atoms with van der Waals surface area (Å²) in [5.74, 6) is 0. The Kier molecular flexibility index (Phi) is 16.5. The van der Waals surface area contributed by atoms with Gasteiger partial charge in [0.15, 0.2) is 0 Å². The summed E-state index contributed by atoms with van der Waals surface area (Å²) in [4.78, 5) is 0. The molecule has 0 aromatic carbocycles. The molecule has 1 N–H and O–H groups in total. The molecule has 0 aromatic heterocycles. The van der Waals surface area contributed by atoms with Gasteiger partial charge in [0, 0.05) is 23.7 Å². The van der Waals surface area contributed by atoms with Crippen LogP contribution in [0.25, 0.3) is 0 Å². The molecule has 52 valence electrons. The van der Waals surface area contributed by atoms with Gasteiger partial charge in [0.05, 0.1) is 0 Å². The molecular weight excluding hydrogens is 257 g/mol. The van der Waals surface area contributed by atoms with Gasteiger partial charge in [0.25, 0.3) is 0 Å². The molecule has 0 rings (SSSR count). The van der Waals surface area contributed by atoms with Gasteiger partial charge in [-0.2, -0.15) is 0 Å². The van der Waals surface area contributed by atoms with E-state index in [1.54, 1.807) is 0 Å². The van der Waals surface area contributed by atoms with Gasteiger partial charge in [-0.1, -0.05) is 31.9 Å². The topological polar surface area (TPSA) is 12.0 Å². The van der Waals surface area contributed by atoms with Crippen LogP contribution >= 0.6 is 44.3 Å². The third-order valence-corrected chi connectivity index (χ3v) is 1.34. The summed E-state index contributed by atoms with van der Waals surface area (Å²) in [5.41, 5.74) is 0. The molecule has 0 aliphatic heterocycles. The van der Waals surface area contributed by atoms with E-state index in [-0.39, 0.29) is 12.4 Å². The molecule has 0 bridgehead atoms. The molecule has 0 aliphatic carbocycles. The van der Waals surface area contributed by atoms with Crippen molar-refractivity contribution in [3.05, 3.63) is 0 Å². The fraction of sp³-hybridized carbons (Fsp3) is 1.00. The molecule has 0 amide bonds. The first-order valence-corrected chi connectivity index (χ1v) is 4.48. The van der Waals surface area contributed by atoms with Crippen molar-refractivity contribution in [1.29, 1.82) is 0 Å². The predicted molar refractivity (Wildman–Crippen MR) is 47.7 cm³/mol. The quantitative estimate of drug-likeness (QED) is 0.605. The smallest absolute Gasteiger partial charge is 0.0157 e. The van der Waals surface area contributed by atoms with E-state index in [0.29, 0.717) is 0 Å². The lowest BCUT2D eigenvalue weighted by molar-refractivity contribution is 0.779. The molecule has 0 saturated heterocycles. The second-order valence-corrected chi connectivity index (χ2v) is 2.71. The number of halogens is 3. The molecular formula is C4H10Br2ClN. The maximum atomic E-state index is 3.30. The lowest BCUT2D eigenvalue weighted by Gasteiger charge is -1.94. The monoisotopic (exact) mass is 265 g/mol. The molecule has 0 aromatic rings. The average Bonchev–Trinajstić information content (AvgIpc) is 1.69. The van der Waals surface area contributed by atoms with E-state index in [1.165, 1.54) is 0 Å². The fourth-order valence-electron chi connectivity index (χ4n) is 0.259. The summed E-state index contributed by atoms with van der Waals surface area (Å²) in [6.45, 7) is 2.12. The number of rotatable bonds is 4. The lowest BCUT2D eigenvalue weighted by Crippen LogP contribution is -2.18. The highest BCUT2D eigenvalue weighted by Crippen LogP contribution is 1.76. The van der Waals surface area contributed by atoms with Crippen LogP contribution in [-0.4, -0.2) is 23.7 Å². The maximum absolute atomic E-state index is 3.30. The average molecular weight is 267 g/mol. The van der Waals surface area contributed by atoms with Crippen LogP contribution in [0.15, 0.2) is 0 Å². The van der Waals surface area contributed by atoms with Gasteiger partial charge in [-0.05, 0) is 0 Å². The third kappa shape index (κ3) is 10.2. The summed E-state index contributed by atoms with van der Waals surface area (Å²) in [5, 5.41) is 5.27.